The highest BCUT2D eigenvalue weighted by molar-refractivity contribution is 5.88. The van der Waals surface area contributed by atoms with Crippen LogP contribution in [0.5, 0.6) is 11.5 Å². The first kappa shape index (κ1) is 17.1. The lowest BCUT2D eigenvalue weighted by Gasteiger charge is -2.09. The van der Waals surface area contributed by atoms with Gasteiger partial charge in [-0.1, -0.05) is 17.3 Å². The van der Waals surface area contributed by atoms with Gasteiger partial charge in [0.05, 0.1) is 26.4 Å². The van der Waals surface area contributed by atoms with Crippen molar-refractivity contribution in [3.8, 4) is 11.5 Å². The lowest BCUT2D eigenvalue weighted by atomic mass is 10.1. The Hall–Kier alpha value is -2.92. The number of allylic oxidation sites excluding steroid dienone is 2. The molecule has 1 aromatic carbocycles. The molecule has 0 bridgehead atoms. The Balaban J connectivity index is 3.11. The van der Waals surface area contributed by atoms with E-state index in [4.69, 9.17) is 19.7 Å². The van der Waals surface area contributed by atoms with Crippen LogP contribution in [0.3, 0.4) is 0 Å². The van der Waals surface area contributed by atoms with Crippen molar-refractivity contribution in [3.63, 3.8) is 0 Å². The molecule has 22 heavy (non-hydrogen) atoms. The van der Waals surface area contributed by atoms with Gasteiger partial charge in [-0.25, -0.2) is 4.79 Å². The van der Waals surface area contributed by atoms with Crippen molar-refractivity contribution in [2.24, 2.45) is 5.11 Å². The zero-order chi connectivity index (χ0) is 16.4. The van der Waals surface area contributed by atoms with Gasteiger partial charge in [-0.3, -0.25) is 0 Å². The molecule has 0 radical (unpaired) electrons. The largest absolute Gasteiger partial charge is 0.496 e. The van der Waals surface area contributed by atoms with E-state index < -0.39 is 5.97 Å². The number of carbonyl (C=O) groups is 1. The Morgan fingerprint density at radius 2 is 1.95 bits per heavy atom. The summed E-state index contributed by atoms with van der Waals surface area (Å²) in [5, 5.41) is 3.31. The summed E-state index contributed by atoms with van der Waals surface area (Å²) in [6.45, 7) is 1.86. The topological polar surface area (TPSA) is 93.5 Å². The van der Waals surface area contributed by atoms with Gasteiger partial charge in [-0.15, -0.1) is 0 Å². The molecule has 7 heteroatoms. The molecule has 1 rings (SSSR count). The summed E-state index contributed by atoms with van der Waals surface area (Å²) in [7, 11) is 3.10. The summed E-state index contributed by atoms with van der Waals surface area (Å²) >= 11 is 0. The van der Waals surface area contributed by atoms with Crippen molar-refractivity contribution in [1.29, 1.82) is 0 Å². The van der Waals surface area contributed by atoms with Crippen LogP contribution in [0.2, 0.25) is 0 Å². The maximum absolute atomic E-state index is 11.6. The van der Waals surface area contributed by atoms with Gasteiger partial charge in [-0.05, 0) is 36.7 Å². The van der Waals surface area contributed by atoms with Crippen LogP contribution < -0.4 is 9.47 Å². The summed E-state index contributed by atoms with van der Waals surface area (Å²) in [5.74, 6) is 0.549. The van der Waals surface area contributed by atoms with Gasteiger partial charge in [0.1, 0.15) is 17.2 Å². The number of rotatable bonds is 7. The molecule has 0 amide bonds. The Morgan fingerprint density at radius 1 is 1.32 bits per heavy atom. The number of benzene rings is 1. The highest BCUT2D eigenvalue weighted by Crippen LogP contribution is 2.29. The maximum atomic E-state index is 11.6. The molecule has 0 fully saturated rings. The number of nitrogens with zero attached hydrogens (tertiary/aromatic N) is 3. The van der Waals surface area contributed by atoms with Gasteiger partial charge in [0, 0.05) is 4.91 Å². The van der Waals surface area contributed by atoms with E-state index in [0.717, 1.165) is 0 Å². The summed E-state index contributed by atoms with van der Waals surface area (Å²) < 4.78 is 15.3. The van der Waals surface area contributed by atoms with Crippen LogP contribution in [0.25, 0.3) is 16.5 Å². The molecule has 7 nitrogen and oxygen atoms in total. The van der Waals surface area contributed by atoms with Crippen molar-refractivity contribution in [1.82, 2.24) is 0 Å². The van der Waals surface area contributed by atoms with Crippen LogP contribution >= 0.6 is 0 Å². The van der Waals surface area contributed by atoms with Crippen molar-refractivity contribution >= 4 is 12.0 Å². The standard InChI is InChI=1S/C15H17N3O4/c1-4-22-15(19)12(17-18-16)8-5-7-11-13(20-2)9-6-10-14(11)21-3/h5-10H,4H2,1-3H3. The minimum Gasteiger partial charge on any atom is -0.496 e. The van der Waals surface area contributed by atoms with E-state index in [1.807, 2.05) is 0 Å². The van der Waals surface area contributed by atoms with E-state index in [-0.39, 0.29) is 12.3 Å². The summed E-state index contributed by atoms with van der Waals surface area (Å²) in [5.41, 5.74) is 9.05. The third kappa shape index (κ3) is 4.57. The molecular weight excluding hydrogens is 286 g/mol. The molecule has 0 unspecified atom stereocenters. The monoisotopic (exact) mass is 303 g/mol. The normalized spacial score (nSPS) is 11.0. The Kier molecular flexibility index (Phi) is 7.08. The van der Waals surface area contributed by atoms with Gasteiger partial charge >= 0.3 is 5.97 Å². The van der Waals surface area contributed by atoms with Gasteiger partial charge in [0.25, 0.3) is 0 Å². The molecule has 0 aliphatic heterocycles. The number of ether oxygens (including phenoxy) is 3. The first-order valence-electron chi connectivity index (χ1n) is 6.49. The minimum atomic E-state index is -0.683. The smallest absolute Gasteiger partial charge is 0.340 e. The maximum Gasteiger partial charge on any atom is 0.340 e. The molecule has 0 heterocycles. The van der Waals surface area contributed by atoms with Crippen molar-refractivity contribution in [2.75, 3.05) is 20.8 Å². The Morgan fingerprint density at radius 3 is 2.45 bits per heavy atom. The van der Waals surface area contributed by atoms with E-state index >= 15 is 0 Å². The number of carbonyl (C=O) groups excluding carboxylic acids is 1. The number of hydrogen-bond acceptors (Lipinski definition) is 5. The van der Waals surface area contributed by atoms with Crippen LogP contribution in [0.1, 0.15) is 12.5 Å². The third-order valence-electron chi connectivity index (χ3n) is 2.62. The molecule has 0 aliphatic carbocycles. The molecule has 0 aromatic heterocycles. The highest BCUT2D eigenvalue weighted by Gasteiger charge is 2.08. The quantitative estimate of drug-likeness (QED) is 0.192. The predicted molar refractivity (Wildman–Crippen MR) is 82.4 cm³/mol. The first-order valence-corrected chi connectivity index (χ1v) is 6.49. The van der Waals surface area contributed by atoms with E-state index in [9.17, 15) is 4.79 Å². The van der Waals surface area contributed by atoms with Crippen LogP contribution in [0.15, 0.2) is 41.2 Å². The van der Waals surface area contributed by atoms with Gasteiger partial charge in [0.15, 0.2) is 0 Å². The van der Waals surface area contributed by atoms with Gasteiger partial charge < -0.3 is 14.2 Å². The number of azide groups is 1. The molecule has 0 atom stereocenters. The van der Waals surface area contributed by atoms with Crippen LogP contribution in [0, 0.1) is 0 Å². The van der Waals surface area contributed by atoms with Crippen LogP contribution in [-0.2, 0) is 9.53 Å². The Labute approximate surface area is 128 Å². The second kappa shape index (κ2) is 9.10. The first-order chi connectivity index (χ1) is 10.7. The fourth-order valence-electron chi connectivity index (χ4n) is 1.68. The van der Waals surface area contributed by atoms with Crippen molar-refractivity contribution in [3.05, 3.63) is 52.1 Å². The van der Waals surface area contributed by atoms with E-state index in [1.165, 1.54) is 6.08 Å². The van der Waals surface area contributed by atoms with Crippen molar-refractivity contribution in [2.45, 2.75) is 6.92 Å². The summed E-state index contributed by atoms with van der Waals surface area (Å²) in [6, 6.07) is 5.37. The number of methoxy groups -OCH3 is 2. The summed E-state index contributed by atoms with van der Waals surface area (Å²) in [6.07, 6.45) is 4.61. The van der Waals surface area contributed by atoms with E-state index in [0.29, 0.717) is 17.1 Å². The fourth-order valence-corrected chi connectivity index (χ4v) is 1.68. The van der Waals surface area contributed by atoms with Gasteiger partial charge in [-0.2, -0.15) is 0 Å². The number of esters is 1. The SMILES string of the molecule is CCOC(=O)C(=CC=Cc1c(OC)cccc1OC)N=[N+]=[N-]. The molecule has 0 aliphatic rings. The molecule has 116 valence electrons. The highest BCUT2D eigenvalue weighted by atomic mass is 16.5. The summed E-state index contributed by atoms with van der Waals surface area (Å²) in [4.78, 5) is 14.2. The van der Waals surface area contributed by atoms with E-state index in [1.54, 1.807) is 51.5 Å². The second-order valence-electron chi connectivity index (χ2n) is 3.90. The van der Waals surface area contributed by atoms with Crippen molar-refractivity contribution < 1.29 is 19.0 Å². The number of hydrogen-bond donors (Lipinski definition) is 0. The average molecular weight is 303 g/mol. The second-order valence-corrected chi connectivity index (χ2v) is 3.90. The molecule has 0 spiro atoms. The van der Waals surface area contributed by atoms with E-state index in [2.05, 4.69) is 10.0 Å². The molecule has 0 saturated carbocycles. The lowest BCUT2D eigenvalue weighted by molar-refractivity contribution is -0.138. The molecule has 0 saturated heterocycles. The molecular formula is C15H17N3O4. The predicted octanol–water partition coefficient (Wildman–Crippen LogP) is 3.47. The Bertz CT molecular complexity index is 609. The molecule has 1 aromatic rings. The molecule has 0 N–H and O–H groups in total. The van der Waals surface area contributed by atoms with Gasteiger partial charge in [0.2, 0.25) is 0 Å². The zero-order valence-electron chi connectivity index (χ0n) is 12.6. The average Bonchev–Trinajstić information content (AvgIpc) is 2.54. The third-order valence-corrected chi connectivity index (χ3v) is 2.62. The van der Waals surface area contributed by atoms with Crippen LogP contribution in [0.4, 0.5) is 0 Å². The minimum absolute atomic E-state index is 0.130. The zero-order valence-corrected chi connectivity index (χ0v) is 12.6. The van der Waals surface area contributed by atoms with Crippen LogP contribution in [-0.4, -0.2) is 26.8 Å². The fraction of sp³-hybridized carbons (Fsp3) is 0.267. The lowest BCUT2D eigenvalue weighted by Crippen LogP contribution is -2.05.